The predicted molar refractivity (Wildman–Crippen MR) is 208 cm³/mol. The van der Waals surface area contributed by atoms with Crippen LogP contribution in [0, 0.1) is 4.91 Å². The van der Waals surface area contributed by atoms with E-state index in [1.165, 1.54) is 89.9 Å². The lowest BCUT2D eigenvalue weighted by Crippen LogP contribution is -2.28. The van der Waals surface area contributed by atoms with Crippen LogP contribution in [-0.4, -0.2) is 55.7 Å². The van der Waals surface area contributed by atoms with Crippen LogP contribution >= 0.6 is 0 Å². The van der Waals surface area contributed by atoms with Gasteiger partial charge in [-0.15, -0.1) is 0 Å². The average molecular weight is 695 g/mol. The summed E-state index contributed by atoms with van der Waals surface area (Å²) in [5.74, 6) is -0.0466. The number of unbranched alkanes of at least 4 members (excludes halogenated alkanes) is 22. The van der Waals surface area contributed by atoms with E-state index in [0.717, 1.165) is 116 Å². The number of carbonyl (C=O) groups excluding carboxylic acids is 2. The van der Waals surface area contributed by atoms with E-state index in [9.17, 15) is 14.5 Å². The number of nitrogens with zero attached hydrogens (tertiary/aromatic N) is 2. The van der Waals surface area contributed by atoms with E-state index >= 15 is 0 Å². The first-order chi connectivity index (χ1) is 24.1. The van der Waals surface area contributed by atoms with E-state index in [4.69, 9.17) is 9.47 Å². The number of hydrogen-bond donors (Lipinski definition) is 0. The Bertz CT molecular complexity index is 719. The van der Waals surface area contributed by atoms with E-state index in [0.29, 0.717) is 26.0 Å². The SMILES string of the molecule is CCCCCCCCCCOC(=O)CCCCCCCN(CCCCCCCC(=O)OC(CCCCC)CCCCCCCC)CCN=O. The molecule has 0 saturated carbocycles. The van der Waals surface area contributed by atoms with E-state index in [-0.39, 0.29) is 18.0 Å². The summed E-state index contributed by atoms with van der Waals surface area (Å²) in [6, 6.07) is 0. The van der Waals surface area contributed by atoms with Crippen LogP contribution in [0.4, 0.5) is 0 Å². The van der Waals surface area contributed by atoms with Crippen LogP contribution in [0.1, 0.15) is 220 Å². The molecule has 0 aromatic heterocycles. The quantitative estimate of drug-likeness (QED) is 0.0360. The lowest BCUT2D eigenvalue weighted by molar-refractivity contribution is -0.150. The van der Waals surface area contributed by atoms with Crippen molar-refractivity contribution < 1.29 is 19.1 Å². The Labute approximate surface area is 304 Å². The molecule has 0 radical (unpaired) electrons. The van der Waals surface area contributed by atoms with Gasteiger partial charge in [-0.2, -0.15) is 4.91 Å². The molecule has 1 atom stereocenters. The molecule has 0 aliphatic carbocycles. The predicted octanol–water partition coefficient (Wildman–Crippen LogP) is 12.7. The van der Waals surface area contributed by atoms with E-state index in [1.807, 2.05) is 0 Å². The molecule has 0 aliphatic heterocycles. The molecule has 290 valence electrons. The number of carbonyl (C=O) groups is 2. The fourth-order valence-electron chi connectivity index (χ4n) is 6.56. The molecular weight excluding hydrogens is 612 g/mol. The standard InChI is InChI=1S/C42H82N2O5/c1-4-7-10-12-14-15-23-30-39-48-41(45)33-26-19-16-21-28-36-44(38-35-43-47)37-29-22-17-20-27-34-42(46)49-40(31-24-9-6-3)32-25-18-13-11-8-5-2/h40H,4-39H2,1-3H3. The number of rotatable bonds is 40. The van der Waals surface area contributed by atoms with Gasteiger partial charge in [0.1, 0.15) is 6.10 Å². The third-order valence-electron chi connectivity index (χ3n) is 9.79. The summed E-state index contributed by atoms with van der Waals surface area (Å²) in [5.41, 5.74) is 0. The van der Waals surface area contributed by atoms with Gasteiger partial charge >= 0.3 is 11.9 Å². The summed E-state index contributed by atoms with van der Waals surface area (Å²) in [4.78, 5) is 37.7. The molecule has 0 heterocycles. The Kier molecular flexibility index (Phi) is 38.1. The van der Waals surface area contributed by atoms with Gasteiger partial charge in [0.15, 0.2) is 0 Å². The summed E-state index contributed by atoms with van der Waals surface area (Å²) in [6.07, 6.45) is 35.2. The molecule has 7 nitrogen and oxygen atoms in total. The summed E-state index contributed by atoms with van der Waals surface area (Å²) >= 11 is 0. The summed E-state index contributed by atoms with van der Waals surface area (Å²) < 4.78 is 11.3. The first-order valence-corrected chi connectivity index (χ1v) is 21.4. The monoisotopic (exact) mass is 695 g/mol. The van der Waals surface area contributed by atoms with Crippen molar-refractivity contribution >= 4 is 11.9 Å². The number of hydrogen-bond acceptors (Lipinski definition) is 7. The highest BCUT2D eigenvalue weighted by Gasteiger charge is 2.14. The highest BCUT2D eigenvalue weighted by atomic mass is 16.5. The van der Waals surface area contributed by atoms with Gasteiger partial charge in [0.25, 0.3) is 0 Å². The molecule has 0 spiro atoms. The molecule has 0 aliphatic rings. The van der Waals surface area contributed by atoms with Crippen LogP contribution in [-0.2, 0) is 19.1 Å². The van der Waals surface area contributed by atoms with E-state index in [1.54, 1.807) is 0 Å². The van der Waals surface area contributed by atoms with Crippen molar-refractivity contribution in [3.63, 3.8) is 0 Å². The number of esters is 2. The molecule has 0 aromatic carbocycles. The summed E-state index contributed by atoms with van der Waals surface area (Å²) in [6.45, 7) is 10.4. The van der Waals surface area contributed by atoms with Crippen LogP contribution in [0.25, 0.3) is 0 Å². The first kappa shape index (κ1) is 47.5. The van der Waals surface area contributed by atoms with Crippen LogP contribution in [0.15, 0.2) is 5.18 Å². The molecule has 0 N–H and O–H groups in total. The molecule has 1 unspecified atom stereocenters. The minimum Gasteiger partial charge on any atom is -0.466 e. The largest absolute Gasteiger partial charge is 0.466 e. The van der Waals surface area contributed by atoms with Gasteiger partial charge in [-0.3, -0.25) is 9.59 Å². The van der Waals surface area contributed by atoms with Crippen molar-refractivity contribution in [2.75, 3.05) is 32.8 Å². The molecular formula is C42H82N2O5. The van der Waals surface area contributed by atoms with Gasteiger partial charge in [0.2, 0.25) is 0 Å². The lowest BCUT2D eigenvalue weighted by atomic mass is 10.0. The minimum absolute atomic E-state index is 0.00552. The molecule has 0 aromatic rings. The molecule has 0 saturated heterocycles. The molecule has 0 amide bonds. The van der Waals surface area contributed by atoms with Crippen molar-refractivity contribution in [3.8, 4) is 0 Å². The minimum atomic E-state index is -0.0411. The van der Waals surface area contributed by atoms with Crippen LogP contribution < -0.4 is 0 Å². The zero-order chi connectivity index (χ0) is 35.9. The Balaban J connectivity index is 3.92. The zero-order valence-electron chi connectivity index (χ0n) is 33.0. The van der Waals surface area contributed by atoms with Gasteiger partial charge in [0, 0.05) is 19.4 Å². The maximum atomic E-state index is 12.6. The smallest absolute Gasteiger partial charge is 0.306 e. The van der Waals surface area contributed by atoms with Crippen molar-refractivity contribution in [3.05, 3.63) is 4.91 Å². The second-order valence-corrected chi connectivity index (χ2v) is 14.6. The van der Waals surface area contributed by atoms with E-state index in [2.05, 4.69) is 30.8 Å². The second kappa shape index (κ2) is 39.3. The number of nitroso groups, excluding NO2 is 1. The highest BCUT2D eigenvalue weighted by molar-refractivity contribution is 5.69. The van der Waals surface area contributed by atoms with Crippen molar-refractivity contribution in [2.45, 2.75) is 226 Å². The van der Waals surface area contributed by atoms with Gasteiger partial charge < -0.3 is 14.4 Å². The third-order valence-corrected chi connectivity index (χ3v) is 9.79. The normalized spacial score (nSPS) is 12.0. The van der Waals surface area contributed by atoms with Crippen molar-refractivity contribution in [2.24, 2.45) is 5.18 Å². The first-order valence-electron chi connectivity index (χ1n) is 21.4. The fraction of sp³-hybridized carbons (Fsp3) is 0.952. The number of ether oxygens (including phenoxy) is 2. The third kappa shape index (κ3) is 36.1. The fourth-order valence-corrected chi connectivity index (χ4v) is 6.56. The van der Waals surface area contributed by atoms with Crippen LogP contribution in [0.3, 0.4) is 0 Å². The highest BCUT2D eigenvalue weighted by Crippen LogP contribution is 2.18. The van der Waals surface area contributed by atoms with Crippen LogP contribution in [0.5, 0.6) is 0 Å². The Morgan fingerprint density at radius 2 is 0.898 bits per heavy atom. The van der Waals surface area contributed by atoms with Crippen molar-refractivity contribution in [1.82, 2.24) is 4.90 Å². The zero-order valence-corrected chi connectivity index (χ0v) is 33.0. The molecule has 49 heavy (non-hydrogen) atoms. The summed E-state index contributed by atoms with van der Waals surface area (Å²) in [7, 11) is 0. The maximum absolute atomic E-state index is 12.6. The van der Waals surface area contributed by atoms with Crippen LogP contribution in [0.2, 0.25) is 0 Å². The lowest BCUT2D eigenvalue weighted by Gasteiger charge is -2.21. The van der Waals surface area contributed by atoms with Gasteiger partial charge in [-0.25, -0.2) is 0 Å². The van der Waals surface area contributed by atoms with Gasteiger partial charge in [-0.05, 0) is 70.9 Å². The molecule has 0 fully saturated rings. The molecule has 7 heteroatoms. The average Bonchev–Trinajstić information content (AvgIpc) is 3.10. The van der Waals surface area contributed by atoms with Gasteiger partial charge in [0.05, 0.1) is 13.2 Å². The molecule has 0 rings (SSSR count). The maximum Gasteiger partial charge on any atom is 0.306 e. The van der Waals surface area contributed by atoms with Gasteiger partial charge in [-0.1, -0.05) is 154 Å². The summed E-state index contributed by atoms with van der Waals surface area (Å²) in [5, 5.41) is 3.09. The second-order valence-electron chi connectivity index (χ2n) is 14.6. The Morgan fingerprint density at radius 1 is 0.490 bits per heavy atom. The van der Waals surface area contributed by atoms with Crippen molar-refractivity contribution in [1.29, 1.82) is 0 Å². The Morgan fingerprint density at radius 3 is 1.43 bits per heavy atom. The molecule has 0 bridgehead atoms. The van der Waals surface area contributed by atoms with E-state index < -0.39 is 0 Å². The topological polar surface area (TPSA) is 85.3 Å². The Hall–Kier alpha value is -1.50.